The van der Waals surface area contributed by atoms with Gasteiger partial charge in [-0.2, -0.15) is 0 Å². The van der Waals surface area contributed by atoms with Crippen LogP contribution in [0, 0.1) is 0 Å². The van der Waals surface area contributed by atoms with Crippen LogP contribution in [-0.4, -0.2) is 42.2 Å². The van der Waals surface area contributed by atoms with Crippen molar-refractivity contribution in [3.05, 3.63) is 0 Å². The molecule has 88 valence electrons. The molecule has 0 unspecified atom stereocenters. The van der Waals surface area contributed by atoms with E-state index < -0.39 is 0 Å². The number of rotatable bonds is 9. The van der Waals surface area contributed by atoms with E-state index in [4.69, 9.17) is 22.7 Å². The molecule has 3 nitrogen and oxygen atoms in total. The Kier molecular flexibility index (Phi) is 6.13. The van der Waals surface area contributed by atoms with Crippen LogP contribution in [0.5, 0.6) is 0 Å². The largest absolute Gasteiger partial charge is 0.393 e. The number of hydrogen-bond donors (Lipinski definition) is 1. The van der Waals surface area contributed by atoms with Crippen LogP contribution in [0.2, 0.25) is 0 Å². The van der Waals surface area contributed by atoms with E-state index in [2.05, 4.69) is 4.90 Å². The molecule has 1 saturated carbocycles. The lowest BCUT2D eigenvalue weighted by Crippen LogP contribution is -2.31. The zero-order chi connectivity index (χ0) is 11.1. The highest BCUT2D eigenvalue weighted by atomic mass is 32.1. The van der Waals surface area contributed by atoms with Gasteiger partial charge in [-0.15, -0.1) is 0 Å². The number of hydrogen-bond acceptors (Lipinski definition) is 3. The molecule has 1 aliphatic carbocycles. The van der Waals surface area contributed by atoms with E-state index in [-0.39, 0.29) is 0 Å². The lowest BCUT2D eigenvalue weighted by Gasteiger charge is -2.21. The Labute approximate surface area is 98.0 Å². The number of thiocarbonyl (C=S) groups is 1. The van der Waals surface area contributed by atoms with Crippen LogP contribution in [-0.2, 0) is 4.74 Å². The molecule has 0 spiro atoms. The maximum atomic E-state index is 5.52. The lowest BCUT2D eigenvalue weighted by molar-refractivity contribution is 0.131. The van der Waals surface area contributed by atoms with Crippen molar-refractivity contribution in [2.24, 2.45) is 5.73 Å². The van der Waals surface area contributed by atoms with Crippen LogP contribution in [0.3, 0.4) is 0 Å². The van der Waals surface area contributed by atoms with Crippen molar-refractivity contribution in [2.45, 2.75) is 38.6 Å². The quantitative estimate of drug-likeness (QED) is 0.482. The number of ether oxygens (including phenoxy) is 1. The third-order valence-electron chi connectivity index (χ3n) is 2.65. The van der Waals surface area contributed by atoms with Gasteiger partial charge in [-0.25, -0.2) is 0 Å². The second kappa shape index (κ2) is 7.14. The molecule has 0 atom stereocenters. The molecule has 1 aliphatic rings. The number of nitrogens with zero attached hydrogens (tertiary/aromatic N) is 1. The molecule has 0 heterocycles. The van der Waals surface area contributed by atoms with Gasteiger partial charge >= 0.3 is 0 Å². The zero-order valence-corrected chi connectivity index (χ0v) is 10.4. The molecule has 0 saturated heterocycles. The van der Waals surface area contributed by atoms with Crippen LogP contribution in [0.1, 0.15) is 32.6 Å². The SMILES string of the molecule is CCOCCCN(CCC(N)=S)C1CC1. The fraction of sp³-hybridized carbons (Fsp3) is 0.909. The van der Waals surface area contributed by atoms with E-state index in [1.54, 1.807) is 0 Å². The van der Waals surface area contributed by atoms with E-state index in [0.717, 1.165) is 45.2 Å². The molecular weight excluding hydrogens is 208 g/mol. The van der Waals surface area contributed by atoms with Gasteiger partial charge in [0.15, 0.2) is 0 Å². The first-order chi connectivity index (χ1) is 7.24. The maximum absolute atomic E-state index is 5.52. The molecule has 1 rings (SSSR count). The smallest absolute Gasteiger partial charge is 0.0740 e. The Morgan fingerprint density at radius 3 is 2.73 bits per heavy atom. The Balaban J connectivity index is 2.10. The second-order valence-electron chi connectivity index (χ2n) is 4.03. The van der Waals surface area contributed by atoms with Gasteiger partial charge in [0.1, 0.15) is 0 Å². The van der Waals surface area contributed by atoms with Gasteiger partial charge in [-0.1, -0.05) is 12.2 Å². The van der Waals surface area contributed by atoms with Crippen LogP contribution in [0.4, 0.5) is 0 Å². The summed E-state index contributed by atoms with van der Waals surface area (Å²) in [5.41, 5.74) is 5.52. The van der Waals surface area contributed by atoms with E-state index in [1.807, 2.05) is 6.92 Å². The van der Waals surface area contributed by atoms with Gasteiger partial charge in [0.25, 0.3) is 0 Å². The van der Waals surface area contributed by atoms with Crippen LogP contribution < -0.4 is 5.73 Å². The molecule has 4 heteroatoms. The second-order valence-corrected chi connectivity index (χ2v) is 4.56. The zero-order valence-electron chi connectivity index (χ0n) is 9.58. The van der Waals surface area contributed by atoms with Crippen molar-refractivity contribution in [3.63, 3.8) is 0 Å². The molecule has 1 fully saturated rings. The van der Waals surface area contributed by atoms with Crippen molar-refractivity contribution < 1.29 is 4.74 Å². The first-order valence-corrected chi connectivity index (χ1v) is 6.25. The van der Waals surface area contributed by atoms with Gasteiger partial charge in [0.2, 0.25) is 0 Å². The summed E-state index contributed by atoms with van der Waals surface area (Å²) in [5.74, 6) is 0. The molecule has 0 aliphatic heterocycles. The van der Waals surface area contributed by atoms with Gasteiger partial charge < -0.3 is 10.5 Å². The Morgan fingerprint density at radius 1 is 1.47 bits per heavy atom. The molecule has 0 amide bonds. The molecule has 15 heavy (non-hydrogen) atoms. The normalized spacial score (nSPS) is 15.9. The highest BCUT2D eigenvalue weighted by molar-refractivity contribution is 7.80. The van der Waals surface area contributed by atoms with Crippen molar-refractivity contribution in [2.75, 3.05) is 26.3 Å². The predicted octanol–water partition coefficient (Wildman–Crippen LogP) is 1.55. The average molecular weight is 230 g/mol. The predicted molar refractivity (Wildman–Crippen MR) is 67.1 cm³/mol. The monoisotopic (exact) mass is 230 g/mol. The van der Waals surface area contributed by atoms with Crippen molar-refractivity contribution in [1.29, 1.82) is 0 Å². The molecule has 0 bridgehead atoms. The van der Waals surface area contributed by atoms with Crippen LogP contribution in [0.15, 0.2) is 0 Å². The first-order valence-electron chi connectivity index (χ1n) is 5.84. The topological polar surface area (TPSA) is 38.5 Å². The fourth-order valence-corrected chi connectivity index (χ4v) is 1.78. The molecule has 2 N–H and O–H groups in total. The van der Waals surface area contributed by atoms with E-state index in [0.29, 0.717) is 4.99 Å². The minimum Gasteiger partial charge on any atom is -0.393 e. The van der Waals surface area contributed by atoms with Gasteiger partial charge in [0.05, 0.1) is 4.99 Å². The molecule has 0 radical (unpaired) electrons. The van der Waals surface area contributed by atoms with E-state index in [1.165, 1.54) is 12.8 Å². The highest BCUT2D eigenvalue weighted by Crippen LogP contribution is 2.26. The first kappa shape index (κ1) is 12.9. The number of nitrogens with two attached hydrogens (primary N) is 1. The van der Waals surface area contributed by atoms with Crippen LogP contribution >= 0.6 is 12.2 Å². The maximum Gasteiger partial charge on any atom is 0.0740 e. The summed E-state index contributed by atoms with van der Waals surface area (Å²) in [6.07, 6.45) is 4.64. The van der Waals surface area contributed by atoms with Gasteiger partial charge in [-0.05, 0) is 26.2 Å². The van der Waals surface area contributed by atoms with Crippen molar-refractivity contribution in [1.82, 2.24) is 4.90 Å². The molecular formula is C11H22N2OS. The third kappa shape index (κ3) is 6.07. The fourth-order valence-electron chi connectivity index (χ4n) is 1.68. The summed E-state index contributed by atoms with van der Waals surface area (Å²) in [6.45, 7) is 5.86. The van der Waals surface area contributed by atoms with Gasteiger partial charge in [-0.3, -0.25) is 4.90 Å². The molecule has 0 aromatic carbocycles. The van der Waals surface area contributed by atoms with E-state index in [9.17, 15) is 0 Å². The third-order valence-corrected chi connectivity index (χ3v) is 2.85. The van der Waals surface area contributed by atoms with Gasteiger partial charge in [0, 0.05) is 38.8 Å². The highest BCUT2D eigenvalue weighted by Gasteiger charge is 2.27. The Morgan fingerprint density at radius 2 is 2.20 bits per heavy atom. The van der Waals surface area contributed by atoms with Crippen molar-refractivity contribution in [3.8, 4) is 0 Å². The minimum atomic E-state index is 0.630. The average Bonchev–Trinajstić information content (AvgIpc) is 3.00. The summed E-state index contributed by atoms with van der Waals surface area (Å²) >= 11 is 4.90. The standard InChI is InChI=1S/C11H22N2OS/c1-2-14-9-3-7-13(10-4-5-10)8-6-11(12)15/h10H,2-9H2,1H3,(H2,12,15). The summed E-state index contributed by atoms with van der Waals surface area (Å²) in [5, 5.41) is 0. The summed E-state index contributed by atoms with van der Waals surface area (Å²) < 4.78 is 5.33. The summed E-state index contributed by atoms with van der Waals surface area (Å²) in [7, 11) is 0. The molecule has 0 aromatic heterocycles. The summed E-state index contributed by atoms with van der Waals surface area (Å²) in [4.78, 5) is 3.13. The lowest BCUT2D eigenvalue weighted by atomic mass is 10.3. The van der Waals surface area contributed by atoms with Crippen molar-refractivity contribution >= 4 is 17.2 Å². The van der Waals surface area contributed by atoms with E-state index >= 15 is 0 Å². The minimum absolute atomic E-state index is 0.630. The van der Waals surface area contributed by atoms with Crippen LogP contribution in [0.25, 0.3) is 0 Å². The molecule has 0 aromatic rings. The Hall–Kier alpha value is -0.190. The summed E-state index contributed by atoms with van der Waals surface area (Å²) in [6, 6.07) is 0.793. The Bertz CT molecular complexity index is 195.